The lowest BCUT2D eigenvalue weighted by Gasteiger charge is -2.07. The third-order valence-electron chi connectivity index (χ3n) is 5.06. The maximum Gasteiger partial charge on any atom is 0.238 e. The minimum Gasteiger partial charge on any atom is -0.385 e. The van der Waals surface area contributed by atoms with Crippen LogP contribution in [-0.2, 0) is 10.0 Å². The molecular formula is C18H20F2N2O2S. The highest BCUT2D eigenvalue weighted by atomic mass is 32.2. The number of anilines is 1. The Kier molecular flexibility index (Phi) is 4.33. The molecule has 1 aliphatic carbocycles. The molecule has 7 heteroatoms. The number of nitrogens with two attached hydrogens (primary N) is 1. The van der Waals surface area contributed by atoms with Crippen molar-refractivity contribution in [2.45, 2.75) is 24.7 Å². The van der Waals surface area contributed by atoms with Gasteiger partial charge in [0.05, 0.1) is 4.90 Å². The SMILES string of the molecule is CC1(C)C(CNc2ccc(F)c(F)c2)C1c1ccc(S(N)(=O)=O)cc1. The Bertz CT molecular complexity index is 896. The second kappa shape index (κ2) is 6.07. The molecule has 2 aromatic carbocycles. The van der Waals surface area contributed by atoms with Gasteiger partial charge in [-0.2, -0.15) is 0 Å². The number of nitrogens with one attached hydrogen (secondary N) is 1. The molecule has 0 radical (unpaired) electrons. The van der Waals surface area contributed by atoms with Crippen molar-refractivity contribution in [2.24, 2.45) is 16.5 Å². The monoisotopic (exact) mass is 366 g/mol. The summed E-state index contributed by atoms with van der Waals surface area (Å²) >= 11 is 0. The van der Waals surface area contributed by atoms with Gasteiger partial charge in [0.25, 0.3) is 0 Å². The maximum absolute atomic E-state index is 13.3. The van der Waals surface area contributed by atoms with Gasteiger partial charge in [-0.15, -0.1) is 0 Å². The van der Waals surface area contributed by atoms with Crippen molar-refractivity contribution >= 4 is 15.7 Å². The lowest BCUT2D eigenvalue weighted by molar-refractivity contribution is 0.509. The molecule has 25 heavy (non-hydrogen) atoms. The number of halogens is 2. The highest BCUT2D eigenvalue weighted by Gasteiger charge is 2.57. The number of rotatable bonds is 5. The van der Waals surface area contributed by atoms with Crippen LogP contribution in [0.1, 0.15) is 25.3 Å². The molecule has 134 valence electrons. The standard InChI is InChI=1S/C18H20F2N2O2S/c1-18(2)14(10-22-12-5-8-15(19)16(20)9-12)17(18)11-3-6-13(7-4-11)25(21,23)24/h3-9,14,17,22H,10H2,1-2H3,(H2,21,23,24). The topological polar surface area (TPSA) is 72.2 Å². The lowest BCUT2D eigenvalue weighted by atomic mass is 10.0. The first-order chi connectivity index (χ1) is 11.6. The third kappa shape index (κ3) is 3.52. The van der Waals surface area contributed by atoms with Crippen molar-refractivity contribution < 1.29 is 17.2 Å². The van der Waals surface area contributed by atoms with Crippen LogP contribution in [0, 0.1) is 23.0 Å². The summed E-state index contributed by atoms with van der Waals surface area (Å²) in [4.78, 5) is 0.0890. The smallest absolute Gasteiger partial charge is 0.238 e. The summed E-state index contributed by atoms with van der Waals surface area (Å²) in [6.45, 7) is 4.87. The molecule has 2 aromatic rings. The van der Waals surface area contributed by atoms with E-state index >= 15 is 0 Å². The fraction of sp³-hybridized carbons (Fsp3) is 0.333. The highest BCUT2D eigenvalue weighted by Crippen LogP contribution is 2.64. The summed E-state index contributed by atoms with van der Waals surface area (Å²) in [6.07, 6.45) is 0. The van der Waals surface area contributed by atoms with E-state index in [1.807, 2.05) is 0 Å². The predicted octanol–water partition coefficient (Wildman–Crippen LogP) is 3.46. The van der Waals surface area contributed by atoms with Gasteiger partial charge in [0.15, 0.2) is 11.6 Å². The average molecular weight is 366 g/mol. The van der Waals surface area contributed by atoms with Crippen LogP contribution in [0.15, 0.2) is 47.4 Å². The lowest BCUT2D eigenvalue weighted by Crippen LogP contribution is -2.11. The van der Waals surface area contributed by atoms with Gasteiger partial charge in [0.2, 0.25) is 10.0 Å². The van der Waals surface area contributed by atoms with Gasteiger partial charge in [-0.1, -0.05) is 26.0 Å². The first kappa shape index (κ1) is 17.8. The van der Waals surface area contributed by atoms with Crippen molar-refractivity contribution in [3.63, 3.8) is 0 Å². The number of benzene rings is 2. The molecule has 3 N–H and O–H groups in total. The molecule has 2 unspecified atom stereocenters. The molecule has 0 spiro atoms. The van der Waals surface area contributed by atoms with E-state index in [1.54, 1.807) is 12.1 Å². The first-order valence-corrected chi connectivity index (χ1v) is 9.47. The summed E-state index contributed by atoms with van der Waals surface area (Å²) in [6, 6.07) is 10.3. The van der Waals surface area contributed by atoms with Crippen LogP contribution < -0.4 is 10.5 Å². The van der Waals surface area contributed by atoms with Crippen molar-refractivity contribution in [1.29, 1.82) is 0 Å². The van der Waals surface area contributed by atoms with Gasteiger partial charge in [0.1, 0.15) is 0 Å². The molecule has 0 saturated heterocycles. The van der Waals surface area contributed by atoms with Crippen LogP contribution in [-0.4, -0.2) is 15.0 Å². The first-order valence-electron chi connectivity index (χ1n) is 7.92. The summed E-state index contributed by atoms with van der Waals surface area (Å²) in [5.74, 6) is -1.21. The summed E-state index contributed by atoms with van der Waals surface area (Å²) in [5.41, 5.74) is 1.59. The normalized spacial score (nSPS) is 21.8. The number of hydrogen-bond acceptors (Lipinski definition) is 3. The van der Waals surface area contributed by atoms with E-state index in [0.717, 1.165) is 17.7 Å². The van der Waals surface area contributed by atoms with Crippen molar-refractivity contribution in [3.8, 4) is 0 Å². The minimum atomic E-state index is -3.70. The van der Waals surface area contributed by atoms with Gasteiger partial charge < -0.3 is 5.32 Å². The zero-order chi connectivity index (χ0) is 18.4. The molecule has 4 nitrogen and oxygen atoms in total. The number of sulfonamides is 1. The van der Waals surface area contributed by atoms with Gasteiger partial charge >= 0.3 is 0 Å². The summed E-state index contributed by atoms with van der Waals surface area (Å²) < 4.78 is 48.9. The Morgan fingerprint density at radius 2 is 1.72 bits per heavy atom. The van der Waals surface area contributed by atoms with Crippen LogP contribution in [0.4, 0.5) is 14.5 Å². The van der Waals surface area contributed by atoms with E-state index in [4.69, 9.17) is 5.14 Å². The Morgan fingerprint density at radius 1 is 1.08 bits per heavy atom. The predicted molar refractivity (Wildman–Crippen MR) is 92.7 cm³/mol. The van der Waals surface area contributed by atoms with Gasteiger partial charge in [-0.25, -0.2) is 22.3 Å². The molecule has 0 aromatic heterocycles. The second-order valence-electron chi connectivity index (χ2n) is 7.03. The Morgan fingerprint density at radius 3 is 2.28 bits per heavy atom. The van der Waals surface area contributed by atoms with Gasteiger partial charge in [0, 0.05) is 12.2 Å². The van der Waals surface area contributed by atoms with Crippen molar-refractivity contribution in [3.05, 3.63) is 59.7 Å². The average Bonchev–Trinajstić information content (AvgIpc) is 3.09. The van der Waals surface area contributed by atoms with Crippen molar-refractivity contribution in [2.75, 3.05) is 11.9 Å². The molecule has 3 rings (SSSR count). The molecule has 2 atom stereocenters. The maximum atomic E-state index is 13.3. The molecule has 0 bridgehead atoms. The molecule has 0 amide bonds. The van der Waals surface area contributed by atoms with E-state index < -0.39 is 21.7 Å². The molecule has 0 heterocycles. The quantitative estimate of drug-likeness (QED) is 0.851. The minimum absolute atomic E-state index is 0.0225. The van der Waals surface area contributed by atoms with E-state index in [2.05, 4.69) is 19.2 Å². The van der Waals surface area contributed by atoms with Crippen LogP contribution in [0.25, 0.3) is 0 Å². The molecule has 1 saturated carbocycles. The van der Waals surface area contributed by atoms with Crippen LogP contribution >= 0.6 is 0 Å². The molecular weight excluding hydrogens is 346 g/mol. The molecule has 1 fully saturated rings. The largest absolute Gasteiger partial charge is 0.385 e. The van der Waals surface area contributed by atoms with Gasteiger partial charge in [-0.05, 0) is 53.1 Å². The van der Waals surface area contributed by atoms with Gasteiger partial charge in [-0.3, -0.25) is 0 Å². The summed E-state index contributed by atoms with van der Waals surface area (Å²) in [5, 5.41) is 8.26. The Balaban J connectivity index is 1.70. The van der Waals surface area contributed by atoms with Crippen molar-refractivity contribution in [1.82, 2.24) is 0 Å². The van der Waals surface area contributed by atoms with E-state index in [1.165, 1.54) is 18.2 Å². The third-order valence-corrected chi connectivity index (χ3v) is 5.99. The van der Waals surface area contributed by atoms with E-state index in [0.29, 0.717) is 18.2 Å². The number of primary sulfonamides is 1. The fourth-order valence-electron chi connectivity index (χ4n) is 3.49. The highest BCUT2D eigenvalue weighted by molar-refractivity contribution is 7.89. The van der Waals surface area contributed by atoms with Crippen LogP contribution in [0.2, 0.25) is 0 Å². The fourth-order valence-corrected chi connectivity index (χ4v) is 4.00. The van der Waals surface area contributed by atoms with Crippen LogP contribution in [0.5, 0.6) is 0 Å². The Hall–Kier alpha value is -1.99. The second-order valence-corrected chi connectivity index (χ2v) is 8.59. The zero-order valence-corrected chi connectivity index (χ0v) is 14.8. The van der Waals surface area contributed by atoms with E-state index in [-0.39, 0.29) is 16.2 Å². The summed E-state index contributed by atoms with van der Waals surface area (Å²) in [7, 11) is -3.70. The van der Waals surface area contributed by atoms with E-state index in [9.17, 15) is 17.2 Å². The molecule has 1 aliphatic rings. The molecule has 0 aliphatic heterocycles. The number of hydrogen-bond donors (Lipinski definition) is 2. The zero-order valence-electron chi connectivity index (χ0n) is 14.0. The van der Waals surface area contributed by atoms with Crippen LogP contribution in [0.3, 0.4) is 0 Å². The Labute approximate surface area is 146 Å².